The molecule has 0 spiro atoms. The van der Waals surface area contributed by atoms with Crippen LogP contribution in [-0.4, -0.2) is 54.7 Å². The molecule has 0 saturated carbocycles. The summed E-state index contributed by atoms with van der Waals surface area (Å²) >= 11 is 1.37. The Hall–Kier alpha value is -3.19. The predicted molar refractivity (Wildman–Crippen MR) is 157 cm³/mol. The summed E-state index contributed by atoms with van der Waals surface area (Å²) < 4.78 is 55.3. The molecular formula is C28H32N4O5S3. The lowest BCUT2D eigenvalue weighted by Crippen LogP contribution is -2.55. The molecule has 2 aromatic carbocycles. The third-order valence-electron chi connectivity index (χ3n) is 6.71. The third-order valence-corrected chi connectivity index (χ3v) is 11.1. The Balaban J connectivity index is 1.61. The number of fused-ring (bicyclic) bond motifs is 1. The number of carbonyl (C=O) groups is 1. The first kappa shape index (κ1) is 29.8. The highest BCUT2D eigenvalue weighted by atomic mass is 32.2. The van der Waals surface area contributed by atoms with Crippen molar-refractivity contribution in [1.82, 2.24) is 14.3 Å². The normalized spacial score (nSPS) is 14.5. The summed E-state index contributed by atoms with van der Waals surface area (Å²) in [5.41, 5.74) is 10.3. The molecule has 0 bridgehead atoms. The van der Waals surface area contributed by atoms with Gasteiger partial charge in [0.25, 0.3) is 10.0 Å². The zero-order chi connectivity index (χ0) is 28.9. The minimum Gasteiger partial charge on any atom is -0.310 e. The van der Waals surface area contributed by atoms with Gasteiger partial charge in [-0.05, 0) is 60.2 Å². The minimum absolute atomic E-state index is 0.130. The Morgan fingerprint density at radius 2 is 1.68 bits per heavy atom. The summed E-state index contributed by atoms with van der Waals surface area (Å²) in [7, 11) is -8.14. The quantitative estimate of drug-likeness (QED) is 0.243. The average molecular weight is 601 g/mol. The number of pyridine rings is 1. The van der Waals surface area contributed by atoms with E-state index in [1.807, 2.05) is 30.3 Å². The lowest BCUT2D eigenvalue weighted by molar-refractivity contribution is -0.131. The first-order chi connectivity index (χ1) is 19.0. The van der Waals surface area contributed by atoms with Crippen molar-refractivity contribution in [1.29, 1.82) is 0 Å². The molecule has 4 aromatic rings. The van der Waals surface area contributed by atoms with Gasteiger partial charge in [-0.1, -0.05) is 44.2 Å². The molecule has 0 aliphatic carbocycles. The number of carbonyl (C=O) groups excluding carboxylic acids is 1. The molecule has 2 aromatic heterocycles. The topological polar surface area (TPSA) is 140 Å². The molecule has 0 fully saturated rings. The van der Waals surface area contributed by atoms with Crippen molar-refractivity contribution in [3.63, 3.8) is 0 Å². The van der Waals surface area contributed by atoms with Crippen LogP contribution in [0.4, 0.5) is 0 Å². The van der Waals surface area contributed by atoms with Gasteiger partial charge in [-0.15, -0.1) is 11.3 Å². The molecule has 0 radical (unpaired) electrons. The highest BCUT2D eigenvalue weighted by Gasteiger charge is 2.39. The molecular weight excluding hydrogens is 569 g/mol. The third kappa shape index (κ3) is 7.11. The van der Waals surface area contributed by atoms with Crippen LogP contribution in [0.2, 0.25) is 0 Å². The molecule has 0 aliphatic heterocycles. The molecule has 4 rings (SSSR count). The van der Waals surface area contributed by atoms with E-state index in [4.69, 9.17) is 5.73 Å². The van der Waals surface area contributed by atoms with Crippen LogP contribution in [0.1, 0.15) is 25.0 Å². The van der Waals surface area contributed by atoms with Crippen molar-refractivity contribution in [3.8, 4) is 0 Å². The van der Waals surface area contributed by atoms with Gasteiger partial charge in [0.15, 0.2) is 9.84 Å². The van der Waals surface area contributed by atoms with Crippen LogP contribution in [0.15, 0.2) is 83.5 Å². The SMILES string of the molecule is CC(CS(=O)(=O)CCc1ccncc1)C(=O)N([C@H](N)[C@@H](C)Cc1ccccc1)S(=O)(=O)c1ccc2scnc2c1. The van der Waals surface area contributed by atoms with E-state index in [1.165, 1.54) is 30.4 Å². The molecule has 2 N–H and O–H groups in total. The summed E-state index contributed by atoms with van der Waals surface area (Å²) in [5, 5.41) is 0. The number of amides is 1. The second-order valence-electron chi connectivity index (χ2n) is 9.90. The van der Waals surface area contributed by atoms with Crippen molar-refractivity contribution in [2.75, 3.05) is 11.5 Å². The van der Waals surface area contributed by atoms with E-state index in [9.17, 15) is 21.6 Å². The van der Waals surface area contributed by atoms with Crippen LogP contribution < -0.4 is 5.73 Å². The number of benzene rings is 2. The van der Waals surface area contributed by atoms with Crippen LogP contribution in [0, 0.1) is 11.8 Å². The molecule has 0 saturated heterocycles. The Labute approximate surface area is 239 Å². The Morgan fingerprint density at radius 1 is 0.975 bits per heavy atom. The van der Waals surface area contributed by atoms with Gasteiger partial charge in [0.1, 0.15) is 0 Å². The van der Waals surface area contributed by atoms with E-state index in [0.29, 0.717) is 16.2 Å². The highest BCUT2D eigenvalue weighted by Crippen LogP contribution is 2.28. The molecule has 2 heterocycles. The lowest BCUT2D eigenvalue weighted by Gasteiger charge is -2.34. The molecule has 40 heavy (non-hydrogen) atoms. The van der Waals surface area contributed by atoms with Crippen molar-refractivity contribution in [2.24, 2.45) is 17.6 Å². The maximum atomic E-state index is 14.0. The van der Waals surface area contributed by atoms with E-state index in [2.05, 4.69) is 9.97 Å². The average Bonchev–Trinajstić information content (AvgIpc) is 3.41. The van der Waals surface area contributed by atoms with Crippen molar-refractivity contribution in [2.45, 2.75) is 37.8 Å². The zero-order valence-corrected chi connectivity index (χ0v) is 24.7. The van der Waals surface area contributed by atoms with Crippen LogP contribution in [0.5, 0.6) is 0 Å². The van der Waals surface area contributed by atoms with Crippen molar-refractivity contribution in [3.05, 3.63) is 89.7 Å². The van der Waals surface area contributed by atoms with Crippen LogP contribution in [0.25, 0.3) is 10.2 Å². The second kappa shape index (κ2) is 12.5. The Morgan fingerprint density at radius 3 is 2.38 bits per heavy atom. The number of nitrogens with zero attached hydrogens (tertiary/aromatic N) is 3. The van der Waals surface area contributed by atoms with Gasteiger partial charge < -0.3 is 5.73 Å². The fourth-order valence-electron chi connectivity index (χ4n) is 4.45. The van der Waals surface area contributed by atoms with Crippen LogP contribution in [0.3, 0.4) is 0 Å². The molecule has 9 nitrogen and oxygen atoms in total. The monoisotopic (exact) mass is 600 g/mol. The summed E-state index contributed by atoms with van der Waals surface area (Å²) in [5.74, 6) is -3.15. The van der Waals surface area contributed by atoms with Gasteiger partial charge in [-0.25, -0.2) is 26.1 Å². The number of aromatic nitrogens is 2. The number of sulfonamides is 1. The van der Waals surface area contributed by atoms with Gasteiger partial charge in [0.05, 0.1) is 44.2 Å². The summed E-state index contributed by atoms with van der Waals surface area (Å²) in [4.78, 5) is 21.8. The number of hydrogen-bond acceptors (Lipinski definition) is 9. The number of sulfone groups is 1. The van der Waals surface area contributed by atoms with Gasteiger partial charge in [0.2, 0.25) is 5.91 Å². The number of nitrogens with two attached hydrogens (primary N) is 1. The molecule has 12 heteroatoms. The first-order valence-corrected chi connectivity index (χ1v) is 16.9. The predicted octanol–water partition coefficient (Wildman–Crippen LogP) is 3.67. The van der Waals surface area contributed by atoms with E-state index in [-0.39, 0.29) is 17.1 Å². The highest BCUT2D eigenvalue weighted by molar-refractivity contribution is 7.91. The van der Waals surface area contributed by atoms with E-state index in [1.54, 1.807) is 43.0 Å². The van der Waals surface area contributed by atoms with E-state index < -0.39 is 49.5 Å². The molecule has 1 unspecified atom stereocenters. The first-order valence-electron chi connectivity index (χ1n) is 12.8. The van der Waals surface area contributed by atoms with Gasteiger partial charge in [-0.3, -0.25) is 9.78 Å². The number of aryl methyl sites for hydroxylation is 1. The number of rotatable bonds is 12. The largest absolute Gasteiger partial charge is 0.310 e. The second-order valence-corrected chi connectivity index (χ2v) is 14.8. The van der Waals surface area contributed by atoms with Gasteiger partial charge in [-0.2, -0.15) is 0 Å². The minimum atomic E-state index is -4.44. The van der Waals surface area contributed by atoms with Crippen molar-refractivity contribution >= 4 is 47.3 Å². The maximum Gasteiger partial charge on any atom is 0.267 e. The molecule has 3 atom stereocenters. The number of hydrogen-bond donors (Lipinski definition) is 1. The lowest BCUT2D eigenvalue weighted by atomic mass is 9.98. The fourth-order valence-corrected chi connectivity index (χ4v) is 8.40. The number of thiazole rings is 1. The van der Waals surface area contributed by atoms with Gasteiger partial charge in [0, 0.05) is 12.4 Å². The van der Waals surface area contributed by atoms with Crippen molar-refractivity contribution < 1.29 is 21.6 Å². The standard InChI is InChI=1S/C28H32N4O5S3/c1-20(16-23-6-4-3-5-7-23)27(29)32(40(36,37)24-8-9-26-25(17-24)31-19-38-26)28(33)21(2)18-39(34,35)15-12-22-10-13-30-14-11-22/h3-11,13-14,17,19-21,27H,12,15-16,18,29H2,1-2H3/t20-,21?,27-/m0/s1. The Kier molecular flexibility index (Phi) is 9.34. The van der Waals surface area contributed by atoms with E-state index in [0.717, 1.165) is 15.8 Å². The molecule has 0 aliphatic rings. The zero-order valence-electron chi connectivity index (χ0n) is 22.3. The maximum absolute atomic E-state index is 14.0. The summed E-state index contributed by atoms with van der Waals surface area (Å²) in [6.07, 6.45) is 2.61. The van der Waals surface area contributed by atoms with Crippen LogP contribution in [-0.2, 0) is 37.5 Å². The fraction of sp³-hybridized carbons (Fsp3) is 0.321. The Bertz CT molecular complexity index is 1660. The molecule has 1 amide bonds. The smallest absolute Gasteiger partial charge is 0.267 e. The van der Waals surface area contributed by atoms with E-state index >= 15 is 0 Å². The molecule has 212 valence electrons. The van der Waals surface area contributed by atoms with Crippen LogP contribution >= 0.6 is 11.3 Å². The summed E-state index contributed by atoms with van der Waals surface area (Å²) in [6.45, 7) is 3.19. The van der Waals surface area contributed by atoms with Gasteiger partial charge >= 0.3 is 0 Å². The summed E-state index contributed by atoms with van der Waals surface area (Å²) in [6, 6.07) is 17.3.